The molecule has 3 rings (SSSR count). The van der Waals surface area contributed by atoms with Crippen LogP contribution in [0.15, 0.2) is 47.5 Å². The molecule has 4 heteroatoms. The molecule has 1 aliphatic heterocycles. The van der Waals surface area contributed by atoms with Gasteiger partial charge in [-0.3, -0.25) is 4.79 Å². The number of allylic oxidation sites excluding steroid dienone is 4. The van der Waals surface area contributed by atoms with Crippen LogP contribution < -0.4 is 0 Å². The van der Waals surface area contributed by atoms with Crippen molar-refractivity contribution >= 4 is 17.6 Å². The van der Waals surface area contributed by atoms with E-state index in [9.17, 15) is 9.90 Å². The summed E-state index contributed by atoms with van der Waals surface area (Å²) in [7, 11) is 0. The van der Waals surface area contributed by atoms with Crippen LogP contribution in [0.5, 0.6) is 0 Å². The van der Waals surface area contributed by atoms with E-state index in [0.717, 1.165) is 37.3 Å². The Bertz CT molecular complexity index is 1210. The number of ketones is 1. The van der Waals surface area contributed by atoms with E-state index < -0.39 is 0 Å². The Labute approximate surface area is 321 Å². The van der Waals surface area contributed by atoms with Crippen LogP contribution in [0.3, 0.4) is 0 Å². The van der Waals surface area contributed by atoms with E-state index in [1.54, 1.807) is 0 Å². The van der Waals surface area contributed by atoms with Gasteiger partial charge in [0.2, 0.25) is 11.5 Å². The van der Waals surface area contributed by atoms with Crippen LogP contribution in [-0.4, -0.2) is 32.8 Å². The quantitative estimate of drug-likeness (QED) is 0.0432. The molecule has 2 heterocycles. The van der Waals surface area contributed by atoms with Crippen molar-refractivity contribution in [3.05, 3.63) is 53.2 Å². The summed E-state index contributed by atoms with van der Waals surface area (Å²) in [6, 6.07) is 4.00. The normalized spacial score (nSPS) is 15.7. The molecule has 0 spiro atoms. The standard InChI is InChI=1S/C48H80N2O2/c1-3-5-7-9-11-13-15-17-19-21-23-25-27-29-31-33-39-49-41-35-37-43(49)45-47(51)46(48(45)52)44-38-36-42-50(44)40-34-32-30-28-26-24-22-20-18-16-14-12-10-8-6-4-2/h35-38,41-42H,3-34,39-40H2,1-2H3/p+1. The summed E-state index contributed by atoms with van der Waals surface area (Å²) in [6.45, 7) is 6.38. The largest absolute Gasteiger partial charge is 0.506 e. The van der Waals surface area contributed by atoms with Crippen LogP contribution in [0.2, 0.25) is 0 Å². The SMILES string of the molecule is CCCCCCCCCCCCCCCCCCn1cccc1C1=C(O)C(=C2C=CC=[N+]2CCCCCCCCCCCCCCCCCC)C1=O. The topological polar surface area (TPSA) is 45.2 Å². The van der Waals surface area contributed by atoms with Gasteiger partial charge >= 0.3 is 0 Å². The number of unbranched alkanes of at least 4 members (excludes halogenated alkanes) is 30. The molecule has 0 fully saturated rings. The molecule has 2 aliphatic rings. The maximum absolute atomic E-state index is 13.4. The molecule has 0 bridgehead atoms. The fourth-order valence-corrected chi connectivity index (χ4v) is 8.21. The average Bonchev–Trinajstić information content (AvgIpc) is 3.80. The van der Waals surface area contributed by atoms with Gasteiger partial charge in [0.25, 0.3) is 0 Å². The lowest BCUT2D eigenvalue weighted by Crippen LogP contribution is -2.27. The highest BCUT2D eigenvalue weighted by molar-refractivity contribution is 6.39. The van der Waals surface area contributed by atoms with Gasteiger partial charge in [0.1, 0.15) is 17.9 Å². The summed E-state index contributed by atoms with van der Waals surface area (Å²) >= 11 is 0. The molecule has 0 unspecified atom stereocenters. The first-order valence-electron chi connectivity index (χ1n) is 22.8. The molecule has 1 aliphatic carbocycles. The van der Waals surface area contributed by atoms with Crippen LogP contribution >= 0.6 is 0 Å². The summed E-state index contributed by atoms with van der Waals surface area (Å²) in [5.74, 6) is 0.153. The third kappa shape index (κ3) is 17.2. The van der Waals surface area contributed by atoms with Gasteiger partial charge in [-0.1, -0.05) is 200 Å². The third-order valence-electron chi connectivity index (χ3n) is 11.6. The van der Waals surface area contributed by atoms with Crippen LogP contribution in [0.25, 0.3) is 5.57 Å². The number of carbonyl (C=O) groups is 1. The van der Waals surface area contributed by atoms with E-state index in [1.165, 1.54) is 193 Å². The molecular formula is C48H81N2O2+. The van der Waals surface area contributed by atoms with Crippen molar-refractivity contribution < 1.29 is 14.5 Å². The second-order valence-corrected chi connectivity index (χ2v) is 16.2. The predicted molar refractivity (Wildman–Crippen MR) is 225 cm³/mol. The van der Waals surface area contributed by atoms with Crippen LogP contribution in [0, 0.1) is 0 Å². The van der Waals surface area contributed by atoms with Gasteiger partial charge in [0.15, 0.2) is 6.21 Å². The van der Waals surface area contributed by atoms with Crippen LogP contribution in [0.1, 0.15) is 225 Å². The molecule has 0 saturated carbocycles. The fraction of sp³-hybridized carbons (Fsp3) is 0.750. The Morgan fingerprint density at radius 2 is 0.942 bits per heavy atom. The molecule has 1 aromatic rings. The maximum Gasteiger partial charge on any atom is 0.220 e. The number of nitrogens with zero attached hydrogens (tertiary/aromatic N) is 2. The highest BCUT2D eigenvalue weighted by atomic mass is 16.3. The summed E-state index contributed by atoms with van der Waals surface area (Å²) in [6.07, 6.45) is 51.8. The Kier molecular flexibility index (Phi) is 24.6. The van der Waals surface area contributed by atoms with Crippen molar-refractivity contribution in [3.63, 3.8) is 0 Å². The molecule has 0 atom stereocenters. The van der Waals surface area contributed by atoms with Gasteiger partial charge in [0, 0.05) is 31.3 Å². The molecule has 0 radical (unpaired) electrons. The first-order chi connectivity index (χ1) is 25.7. The second kappa shape index (κ2) is 29.1. The smallest absolute Gasteiger partial charge is 0.220 e. The van der Waals surface area contributed by atoms with Gasteiger partial charge in [-0.2, -0.15) is 4.58 Å². The first kappa shape index (κ1) is 44.0. The molecular weight excluding hydrogens is 637 g/mol. The number of rotatable bonds is 35. The molecule has 0 saturated heterocycles. The van der Waals surface area contributed by atoms with E-state index in [2.05, 4.69) is 35.4 Å². The minimum atomic E-state index is -0.0173. The number of hydrogen-bond donors (Lipinski definition) is 1. The number of aliphatic hydroxyl groups excluding tert-OH is 1. The molecule has 294 valence electrons. The number of carbonyl (C=O) groups excluding carboxylic acids is 1. The number of aryl methyl sites for hydroxylation is 1. The number of aliphatic hydroxyl groups is 1. The summed E-state index contributed by atoms with van der Waals surface area (Å²) < 4.78 is 4.33. The third-order valence-corrected chi connectivity index (χ3v) is 11.6. The number of Topliss-reactive ketones (excluding diaryl/α,β-unsaturated/α-hetero) is 1. The Morgan fingerprint density at radius 1 is 0.538 bits per heavy atom. The fourth-order valence-electron chi connectivity index (χ4n) is 8.21. The second-order valence-electron chi connectivity index (χ2n) is 16.2. The minimum absolute atomic E-state index is 0.0173. The lowest BCUT2D eigenvalue weighted by Gasteiger charge is -2.22. The van der Waals surface area contributed by atoms with Gasteiger partial charge in [-0.15, -0.1) is 0 Å². The Morgan fingerprint density at radius 3 is 1.37 bits per heavy atom. The maximum atomic E-state index is 13.4. The van der Waals surface area contributed by atoms with Crippen molar-refractivity contribution in [1.29, 1.82) is 0 Å². The lowest BCUT2D eigenvalue weighted by molar-refractivity contribution is -0.465. The zero-order chi connectivity index (χ0) is 36.9. The monoisotopic (exact) mass is 718 g/mol. The van der Waals surface area contributed by atoms with Gasteiger partial charge < -0.3 is 9.67 Å². The first-order valence-corrected chi connectivity index (χ1v) is 22.8. The Balaban J connectivity index is 1.23. The minimum Gasteiger partial charge on any atom is -0.506 e. The van der Waals surface area contributed by atoms with E-state index in [4.69, 9.17) is 0 Å². The van der Waals surface area contributed by atoms with Crippen LogP contribution in [0.4, 0.5) is 0 Å². The average molecular weight is 718 g/mol. The number of hydrogen-bond acceptors (Lipinski definition) is 2. The molecule has 52 heavy (non-hydrogen) atoms. The van der Waals surface area contributed by atoms with Gasteiger partial charge in [-0.25, -0.2) is 0 Å². The van der Waals surface area contributed by atoms with Crippen molar-refractivity contribution in [2.24, 2.45) is 0 Å². The molecule has 4 nitrogen and oxygen atoms in total. The summed E-state index contributed by atoms with van der Waals surface area (Å²) in [5, 5.41) is 11.2. The highest BCUT2D eigenvalue weighted by Crippen LogP contribution is 2.39. The van der Waals surface area contributed by atoms with Crippen molar-refractivity contribution in [2.75, 3.05) is 6.54 Å². The van der Waals surface area contributed by atoms with Gasteiger partial charge in [-0.05, 0) is 25.0 Å². The van der Waals surface area contributed by atoms with Crippen LogP contribution in [-0.2, 0) is 11.3 Å². The van der Waals surface area contributed by atoms with E-state index in [-0.39, 0.29) is 11.5 Å². The molecule has 1 N–H and O–H groups in total. The van der Waals surface area contributed by atoms with E-state index in [0.29, 0.717) is 11.1 Å². The van der Waals surface area contributed by atoms with Crippen molar-refractivity contribution in [3.8, 4) is 0 Å². The molecule has 0 aromatic carbocycles. The van der Waals surface area contributed by atoms with Crippen molar-refractivity contribution in [2.45, 2.75) is 226 Å². The van der Waals surface area contributed by atoms with Crippen molar-refractivity contribution in [1.82, 2.24) is 4.57 Å². The highest BCUT2D eigenvalue weighted by Gasteiger charge is 2.42. The zero-order valence-electron chi connectivity index (χ0n) is 34.3. The van der Waals surface area contributed by atoms with Gasteiger partial charge in [0.05, 0.1) is 11.3 Å². The van der Waals surface area contributed by atoms with E-state index in [1.807, 2.05) is 24.3 Å². The summed E-state index contributed by atoms with van der Waals surface area (Å²) in [5.41, 5.74) is 2.71. The predicted octanol–water partition coefficient (Wildman–Crippen LogP) is 14.8. The molecule has 0 amide bonds. The lowest BCUT2D eigenvalue weighted by atomic mass is 9.84. The zero-order valence-corrected chi connectivity index (χ0v) is 34.3. The summed E-state index contributed by atoms with van der Waals surface area (Å²) in [4.78, 5) is 13.4. The molecule has 1 aromatic heterocycles. The van der Waals surface area contributed by atoms with E-state index >= 15 is 0 Å². The number of aromatic nitrogens is 1. The Hall–Kier alpha value is -2.36.